The molecule has 0 fully saturated rings. The number of carbonyl (C=O) groups excluding carboxylic acids is 2. The van der Waals surface area contributed by atoms with E-state index in [1.165, 1.54) is 23.5 Å². The van der Waals surface area contributed by atoms with Gasteiger partial charge in [0.2, 0.25) is 5.91 Å². The molecule has 1 heterocycles. The van der Waals surface area contributed by atoms with Crippen LogP contribution in [-0.2, 0) is 16.0 Å². The number of thiophene rings is 1. The summed E-state index contributed by atoms with van der Waals surface area (Å²) in [4.78, 5) is 25.2. The molecule has 2 aromatic rings. The number of aryl methyl sites for hydroxylation is 1. The molecule has 1 aromatic heterocycles. The minimum atomic E-state index is -2.97. The predicted molar refractivity (Wildman–Crippen MR) is 99.8 cm³/mol. The molecule has 0 unspecified atom stereocenters. The fraction of sp³-hybridized carbons (Fsp3) is 0.333. The van der Waals surface area contributed by atoms with Gasteiger partial charge in [0.15, 0.2) is 0 Å². The Morgan fingerprint density at radius 3 is 2.63 bits per heavy atom. The molecule has 2 rings (SSSR count). The fourth-order valence-corrected chi connectivity index (χ4v) is 3.23. The number of benzene rings is 1. The molecule has 6 nitrogen and oxygen atoms in total. The Morgan fingerprint density at radius 2 is 1.96 bits per heavy atom. The third-order valence-electron chi connectivity index (χ3n) is 3.42. The summed E-state index contributed by atoms with van der Waals surface area (Å²) < 4.78 is 34.3. The van der Waals surface area contributed by atoms with E-state index in [1.807, 2.05) is 6.92 Å². The molecule has 0 saturated heterocycles. The minimum Gasteiger partial charge on any atom is -0.462 e. The highest BCUT2D eigenvalue weighted by molar-refractivity contribution is 7.16. The third kappa shape index (κ3) is 5.92. The van der Waals surface area contributed by atoms with Crippen LogP contribution < -0.4 is 15.4 Å². The molecule has 0 radical (unpaired) electrons. The summed E-state index contributed by atoms with van der Waals surface area (Å²) in [5.41, 5.74) is 0.562. The molecule has 0 bridgehead atoms. The van der Waals surface area contributed by atoms with Crippen LogP contribution in [0.2, 0.25) is 0 Å². The van der Waals surface area contributed by atoms with E-state index in [9.17, 15) is 18.4 Å². The summed E-state index contributed by atoms with van der Waals surface area (Å²) in [6, 6.07) is 7.77. The zero-order valence-electron chi connectivity index (χ0n) is 14.9. The smallest absolute Gasteiger partial charge is 0.387 e. The first-order valence-electron chi connectivity index (χ1n) is 8.32. The first-order valence-corrected chi connectivity index (χ1v) is 9.13. The zero-order chi connectivity index (χ0) is 19.8. The Hall–Kier alpha value is -2.68. The van der Waals surface area contributed by atoms with Gasteiger partial charge in [-0.25, -0.2) is 4.79 Å². The number of ether oxygens (including phenoxy) is 2. The van der Waals surface area contributed by atoms with Crippen molar-refractivity contribution in [1.82, 2.24) is 0 Å². The average Bonchev–Trinajstić information content (AvgIpc) is 3.03. The van der Waals surface area contributed by atoms with Crippen molar-refractivity contribution in [2.45, 2.75) is 26.9 Å². The SMILES string of the molecule is CCOC(=O)c1cc(CC)sc1NC(=O)CNc1ccccc1OC(F)F. The van der Waals surface area contributed by atoms with Crippen LogP contribution in [-0.4, -0.2) is 31.6 Å². The van der Waals surface area contributed by atoms with Crippen molar-refractivity contribution in [1.29, 1.82) is 0 Å². The molecule has 27 heavy (non-hydrogen) atoms. The van der Waals surface area contributed by atoms with E-state index in [4.69, 9.17) is 4.74 Å². The van der Waals surface area contributed by atoms with Gasteiger partial charge in [0.05, 0.1) is 24.4 Å². The standard InChI is InChI=1S/C18H20F2N2O4S/c1-3-11-9-12(17(24)25-4-2)16(27-11)22-15(23)10-21-13-7-5-6-8-14(13)26-18(19)20/h5-9,18,21H,3-4,10H2,1-2H3,(H,22,23). The maximum absolute atomic E-state index is 12.4. The lowest BCUT2D eigenvalue weighted by molar-refractivity contribution is -0.114. The largest absolute Gasteiger partial charge is 0.462 e. The molecule has 9 heteroatoms. The molecule has 2 N–H and O–H groups in total. The second-order valence-electron chi connectivity index (χ2n) is 5.31. The van der Waals surface area contributed by atoms with Crippen molar-refractivity contribution >= 4 is 33.9 Å². The van der Waals surface area contributed by atoms with Gasteiger partial charge < -0.3 is 20.1 Å². The van der Waals surface area contributed by atoms with Gasteiger partial charge in [0, 0.05) is 4.88 Å². The molecule has 0 aliphatic rings. The topological polar surface area (TPSA) is 76.7 Å². The van der Waals surface area contributed by atoms with Crippen molar-refractivity contribution in [3.05, 3.63) is 40.8 Å². The number of carbonyl (C=O) groups is 2. The van der Waals surface area contributed by atoms with Crippen LogP contribution in [0.5, 0.6) is 5.75 Å². The van der Waals surface area contributed by atoms with Crippen molar-refractivity contribution < 1.29 is 27.8 Å². The van der Waals surface area contributed by atoms with E-state index in [2.05, 4.69) is 15.4 Å². The van der Waals surface area contributed by atoms with Crippen molar-refractivity contribution in [2.24, 2.45) is 0 Å². The molecule has 0 aliphatic heterocycles. The highest BCUT2D eigenvalue weighted by atomic mass is 32.1. The van der Waals surface area contributed by atoms with E-state index in [-0.39, 0.29) is 24.6 Å². The number of hydrogen-bond acceptors (Lipinski definition) is 6. The van der Waals surface area contributed by atoms with E-state index < -0.39 is 18.5 Å². The van der Waals surface area contributed by atoms with E-state index >= 15 is 0 Å². The number of esters is 1. The molecule has 0 saturated carbocycles. The van der Waals surface area contributed by atoms with Gasteiger partial charge in [0.1, 0.15) is 10.8 Å². The normalized spacial score (nSPS) is 10.6. The Balaban J connectivity index is 2.04. The second kappa shape index (κ2) is 9.86. The van der Waals surface area contributed by atoms with E-state index in [1.54, 1.807) is 25.1 Å². The van der Waals surface area contributed by atoms with Crippen molar-refractivity contribution in [2.75, 3.05) is 23.8 Å². The molecule has 0 aliphatic carbocycles. The summed E-state index contributed by atoms with van der Waals surface area (Å²) in [7, 11) is 0. The van der Waals surface area contributed by atoms with Crippen molar-refractivity contribution in [3.8, 4) is 5.75 Å². The summed E-state index contributed by atoms with van der Waals surface area (Å²) in [5.74, 6) is -0.999. The van der Waals surface area contributed by atoms with E-state index in [0.717, 1.165) is 4.88 Å². The number of rotatable bonds is 9. The zero-order valence-corrected chi connectivity index (χ0v) is 15.7. The Labute approximate surface area is 159 Å². The lowest BCUT2D eigenvalue weighted by Gasteiger charge is -2.12. The molecule has 146 valence electrons. The summed E-state index contributed by atoms with van der Waals surface area (Å²) in [6.07, 6.45) is 0.712. The Bertz CT molecular complexity index is 795. The number of para-hydroxylation sites is 2. The summed E-state index contributed by atoms with van der Waals surface area (Å²) >= 11 is 1.29. The summed E-state index contributed by atoms with van der Waals surface area (Å²) in [6.45, 7) is 0.712. The monoisotopic (exact) mass is 398 g/mol. The van der Waals surface area contributed by atoms with Gasteiger partial charge >= 0.3 is 12.6 Å². The highest BCUT2D eigenvalue weighted by Crippen LogP contribution is 2.29. The van der Waals surface area contributed by atoms with Crippen LogP contribution >= 0.6 is 11.3 Å². The number of alkyl halides is 2. The number of nitrogens with one attached hydrogen (secondary N) is 2. The first kappa shape index (κ1) is 20.6. The molecular weight excluding hydrogens is 378 g/mol. The first-order chi connectivity index (χ1) is 12.9. The molecule has 1 amide bonds. The second-order valence-corrected chi connectivity index (χ2v) is 6.44. The Kier molecular flexibility index (Phi) is 7.54. The van der Waals surface area contributed by atoms with Gasteiger partial charge in [-0.1, -0.05) is 19.1 Å². The number of halogens is 2. The lowest BCUT2D eigenvalue weighted by Crippen LogP contribution is -2.22. The van der Waals surface area contributed by atoms with Crippen molar-refractivity contribution in [3.63, 3.8) is 0 Å². The van der Waals surface area contributed by atoms with Gasteiger partial charge in [-0.3, -0.25) is 4.79 Å². The van der Waals surface area contributed by atoms with E-state index in [0.29, 0.717) is 17.0 Å². The third-order valence-corrected chi connectivity index (χ3v) is 4.62. The quantitative estimate of drug-likeness (QED) is 0.621. The van der Waals surface area contributed by atoms with Gasteiger partial charge in [-0.15, -0.1) is 11.3 Å². The van der Waals surface area contributed by atoms with Gasteiger partial charge in [-0.2, -0.15) is 8.78 Å². The van der Waals surface area contributed by atoms with Gasteiger partial charge in [-0.05, 0) is 31.5 Å². The molecule has 1 aromatic carbocycles. The fourth-order valence-electron chi connectivity index (χ4n) is 2.23. The van der Waals surface area contributed by atoms with Crippen LogP contribution in [0.25, 0.3) is 0 Å². The van der Waals surface area contributed by atoms with Gasteiger partial charge in [0.25, 0.3) is 0 Å². The highest BCUT2D eigenvalue weighted by Gasteiger charge is 2.19. The molecule has 0 spiro atoms. The maximum Gasteiger partial charge on any atom is 0.387 e. The maximum atomic E-state index is 12.4. The number of hydrogen-bond donors (Lipinski definition) is 2. The van der Waals surface area contributed by atoms with Crippen LogP contribution in [0.1, 0.15) is 29.1 Å². The summed E-state index contributed by atoms with van der Waals surface area (Å²) in [5, 5.41) is 5.81. The number of amides is 1. The predicted octanol–water partition coefficient (Wildman–Crippen LogP) is 4.14. The van der Waals surface area contributed by atoms with Crippen LogP contribution in [0, 0.1) is 0 Å². The number of anilines is 2. The Morgan fingerprint density at radius 1 is 1.22 bits per heavy atom. The molecular formula is C18H20F2N2O4S. The average molecular weight is 398 g/mol. The minimum absolute atomic E-state index is 0.0584. The lowest BCUT2D eigenvalue weighted by atomic mass is 10.2. The van der Waals surface area contributed by atoms with Crippen LogP contribution in [0.15, 0.2) is 30.3 Å². The van der Waals surface area contributed by atoms with Crippen LogP contribution in [0.3, 0.4) is 0 Å². The molecule has 0 atom stereocenters. The van der Waals surface area contributed by atoms with Crippen LogP contribution in [0.4, 0.5) is 19.5 Å².